The summed E-state index contributed by atoms with van der Waals surface area (Å²) in [5.74, 6) is 0.603. The molecule has 2 atom stereocenters. The Labute approximate surface area is 215 Å². The van der Waals surface area contributed by atoms with Gasteiger partial charge in [-0.05, 0) is 49.1 Å². The van der Waals surface area contributed by atoms with E-state index in [1.165, 1.54) is 10.9 Å². The molecule has 0 spiro atoms. The number of hydrogen-bond donors (Lipinski definition) is 2. The lowest BCUT2D eigenvalue weighted by Crippen LogP contribution is -2.57. The fraction of sp³-hybridized carbons (Fsp3) is 0.464. The average Bonchev–Trinajstić information content (AvgIpc) is 3.23. The summed E-state index contributed by atoms with van der Waals surface area (Å²) in [6.45, 7) is 2.47. The molecule has 198 valence electrons. The minimum absolute atomic E-state index is 0.105. The zero-order chi connectivity index (χ0) is 26.0. The molecule has 1 fully saturated rings. The van der Waals surface area contributed by atoms with Gasteiger partial charge in [-0.2, -0.15) is 0 Å². The fourth-order valence-corrected chi connectivity index (χ4v) is 5.46. The Morgan fingerprint density at radius 2 is 2.05 bits per heavy atom. The Bertz CT molecular complexity index is 1250. The van der Waals surface area contributed by atoms with Crippen LogP contribution in [0.4, 0.5) is 13.6 Å². The van der Waals surface area contributed by atoms with E-state index in [1.54, 1.807) is 0 Å². The minimum Gasteiger partial charge on any atom is -0.492 e. The molecule has 0 saturated carbocycles. The van der Waals surface area contributed by atoms with Crippen LogP contribution in [0.15, 0.2) is 48.5 Å². The first-order valence-electron chi connectivity index (χ1n) is 12.8. The summed E-state index contributed by atoms with van der Waals surface area (Å²) in [6.07, 6.45) is -0.123. The number of benzene rings is 2. The lowest BCUT2D eigenvalue weighted by Gasteiger charge is -2.46. The van der Waals surface area contributed by atoms with Gasteiger partial charge in [0.2, 0.25) is 0 Å². The maximum absolute atomic E-state index is 15.3. The van der Waals surface area contributed by atoms with Crippen LogP contribution in [0.5, 0.6) is 5.75 Å². The molecule has 37 heavy (non-hydrogen) atoms. The Kier molecular flexibility index (Phi) is 7.35. The third kappa shape index (κ3) is 5.29. The quantitative estimate of drug-likeness (QED) is 0.401. The number of nitrogens with one attached hydrogen (secondary N) is 1. The van der Waals surface area contributed by atoms with Gasteiger partial charge in [0.25, 0.3) is 0 Å². The number of fused-ring (bicyclic) bond motifs is 3. The van der Waals surface area contributed by atoms with Crippen LogP contribution in [0, 0.1) is 0 Å². The van der Waals surface area contributed by atoms with Crippen molar-refractivity contribution in [3.8, 4) is 5.75 Å². The number of halogens is 2. The summed E-state index contributed by atoms with van der Waals surface area (Å²) in [5, 5.41) is 10.5. The zero-order valence-electron chi connectivity index (χ0n) is 21.0. The van der Waals surface area contributed by atoms with Crippen molar-refractivity contribution in [1.29, 1.82) is 0 Å². The number of hydrogen-bond acceptors (Lipinski definition) is 4. The highest BCUT2D eigenvalue weighted by atomic mass is 19.1. The molecule has 0 unspecified atom stereocenters. The second-order valence-electron chi connectivity index (χ2n) is 10.1. The number of para-hydroxylation sites is 1. The second-order valence-corrected chi connectivity index (χ2v) is 10.1. The van der Waals surface area contributed by atoms with Gasteiger partial charge in [0.1, 0.15) is 12.4 Å². The van der Waals surface area contributed by atoms with E-state index in [9.17, 15) is 14.3 Å². The number of amides is 1. The van der Waals surface area contributed by atoms with Gasteiger partial charge < -0.3 is 24.5 Å². The highest BCUT2D eigenvalue weighted by molar-refractivity contribution is 5.85. The first-order valence-corrected chi connectivity index (χ1v) is 12.8. The molecule has 0 radical (unpaired) electrons. The number of aromatic nitrogens is 1. The number of carbonyl (C=O) groups is 1. The molecule has 0 bridgehead atoms. The molecule has 3 aromatic rings. The lowest BCUT2D eigenvalue weighted by atomic mass is 9.87. The number of aromatic amines is 1. The Balaban J connectivity index is 1.43. The Hall–Kier alpha value is -3.17. The maximum atomic E-state index is 15.3. The van der Waals surface area contributed by atoms with E-state index in [4.69, 9.17) is 9.47 Å². The van der Waals surface area contributed by atoms with E-state index in [0.29, 0.717) is 5.75 Å². The fourth-order valence-electron chi connectivity index (χ4n) is 5.46. The molecular formula is C28H33F2N3O4. The number of carboxylic acid groups (broad SMARTS) is 1. The molecule has 1 amide bonds. The number of alkyl halides is 2. The monoisotopic (exact) mass is 513 g/mol. The number of rotatable bonds is 10. The van der Waals surface area contributed by atoms with Gasteiger partial charge >= 0.3 is 6.09 Å². The van der Waals surface area contributed by atoms with E-state index < -0.39 is 18.4 Å². The van der Waals surface area contributed by atoms with Gasteiger partial charge in [-0.1, -0.05) is 30.3 Å². The summed E-state index contributed by atoms with van der Waals surface area (Å²) < 4.78 is 39.0. The predicted octanol–water partition coefficient (Wildman–Crippen LogP) is 4.96. The zero-order valence-corrected chi connectivity index (χ0v) is 21.0. The van der Waals surface area contributed by atoms with E-state index in [1.807, 2.05) is 36.4 Å². The molecule has 2 N–H and O–H groups in total. The highest BCUT2D eigenvalue weighted by Gasteiger charge is 2.45. The van der Waals surface area contributed by atoms with Crippen molar-refractivity contribution in [2.24, 2.45) is 0 Å². The molecule has 5 rings (SSSR count). The van der Waals surface area contributed by atoms with Crippen molar-refractivity contribution in [2.45, 2.75) is 37.5 Å². The van der Waals surface area contributed by atoms with Gasteiger partial charge in [-0.15, -0.1) is 0 Å². The van der Waals surface area contributed by atoms with Crippen LogP contribution >= 0.6 is 0 Å². The molecule has 9 heteroatoms. The number of ether oxygens (including phenoxy) is 2. The normalized spacial score (nSPS) is 20.8. The van der Waals surface area contributed by atoms with Crippen LogP contribution < -0.4 is 4.74 Å². The Morgan fingerprint density at radius 3 is 2.78 bits per heavy atom. The van der Waals surface area contributed by atoms with E-state index in [0.717, 1.165) is 28.1 Å². The summed E-state index contributed by atoms with van der Waals surface area (Å²) in [7, 11) is 0. The van der Waals surface area contributed by atoms with Crippen molar-refractivity contribution < 1.29 is 28.2 Å². The molecule has 2 aliphatic heterocycles. The first kappa shape index (κ1) is 25.5. The molecule has 2 aromatic carbocycles. The number of nitrogens with zero attached hydrogens (tertiary/aromatic N) is 2. The van der Waals surface area contributed by atoms with Crippen LogP contribution in [0.25, 0.3) is 10.9 Å². The molecule has 2 aliphatic rings. The van der Waals surface area contributed by atoms with E-state index in [2.05, 4.69) is 28.9 Å². The summed E-state index contributed by atoms with van der Waals surface area (Å²) in [6, 6.07) is 15.8. The van der Waals surface area contributed by atoms with Gasteiger partial charge in [-0.3, -0.25) is 9.29 Å². The topological polar surface area (TPSA) is 78.0 Å². The summed E-state index contributed by atoms with van der Waals surface area (Å²) in [5.41, 5.74) is 2.96. The largest absolute Gasteiger partial charge is 0.492 e. The highest BCUT2D eigenvalue weighted by Crippen LogP contribution is 2.43. The maximum Gasteiger partial charge on any atom is 0.407 e. The van der Waals surface area contributed by atoms with Crippen LogP contribution in [0.2, 0.25) is 0 Å². The van der Waals surface area contributed by atoms with E-state index >= 15 is 4.39 Å². The van der Waals surface area contributed by atoms with Gasteiger partial charge in [0, 0.05) is 35.7 Å². The lowest BCUT2D eigenvalue weighted by molar-refractivity contribution is -0.147. The van der Waals surface area contributed by atoms with Gasteiger partial charge in [0.15, 0.2) is 5.67 Å². The summed E-state index contributed by atoms with van der Waals surface area (Å²) in [4.78, 5) is 18.4. The molecule has 1 saturated heterocycles. The third-order valence-corrected chi connectivity index (χ3v) is 7.34. The average molecular weight is 514 g/mol. The van der Waals surface area contributed by atoms with Crippen LogP contribution in [0.3, 0.4) is 0 Å². The van der Waals surface area contributed by atoms with Gasteiger partial charge in [0.05, 0.1) is 32.5 Å². The first-order chi connectivity index (χ1) is 17.9. The summed E-state index contributed by atoms with van der Waals surface area (Å²) >= 11 is 0. The molecule has 0 aliphatic carbocycles. The molecule has 3 heterocycles. The van der Waals surface area contributed by atoms with Crippen molar-refractivity contribution in [3.05, 3.63) is 65.4 Å². The Morgan fingerprint density at radius 1 is 1.24 bits per heavy atom. The van der Waals surface area contributed by atoms with Crippen LogP contribution in [-0.4, -0.2) is 83.8 Å². The van der Waals surface area contributed by atoms with Gasteiger partial charge in [-0.25, -0.2) is 9.18 Å². The molecule has 7 nitrogen and oxygen atoms in total. The minimum atomic E-state index is -1.37. The second kappa shape index (κ2) is 10.7. The molecular weight excluding hydrogens is 480 g/mol. The van der Waals surface area contributed by atoms with E-state index in [-0.39, 0.29) is 58.0 Å². The third-order valence-electron chi connectivity index (χ3n) is 7.34. The smallest absolute Gasteiger partial charge is 0.407 e. The van der Waals surface area contributed by atoms with Crippen molar-refractivity contribution >= 4 is 17.0 Å². The number of H-pyrrole nitrogens is 1. The van der Waals surface area contributed by atoms with Crippen molar-refractivity contribution in [2.75, 3.05) is 46.1 Å². The molecule has 1 aromatic heterocycles. The van der Waals surface area contributed by atoms with Crippen LogP contribution in [0.1, 0.15) is 36.2 Å². The van der Waals surface area contributed by atoms with Crippen molar-refractivity contribution in [1.82, 2.24) is 14.8 Å². The standard InChI is InChI=1S/C28H33F2N3O4/c1-19-14-23-22-8-2-3-9-24(22)31-25(23)26(33(19)16-28(30)17-36-18-28)20-6-4-7-21(15-20)37-13-12-32(27(34)35)11-5-10-29/h2-4,6-9,15,19,26,31H,5,10-14,16-18H2,1H3,(H,34,35)/t19-,26-/m1/s1. The predicted molar refractivity (Wildman–Crippen MR) is 137 cm³/mol. The van der Waals surface area contributed by atoms with Crippen LogP contribution in [-0.2, 0) is 11.2 Å². The van der Waals surface area contributed by atoms with Crippen molar-refractivity contribution in [3.63, 3.8) is 0 Å². The SMILES string of the molecule is C[C@@H]1Cc2c([nH]c3ccccc23)[C@@H](c2cccc(OCCN(CCCF)C(=O)O)c2)N1CC1(F)COC1.